The van der Waals surface area contributed by atoms with Gasteiger partial charge in [0.2, 0.25) is 11.9 Å². The molecule has 0 amide bonds. The van der Waals surface area contributed by atoms with Crippen LogP contribution in [-0.4, -0.2) is 42.2 Å². The predicted molar refractivity (Wildman–Crippen MR) is 78.0 cm³/mol. The summed E-state index contributed by atoms with van der Waals surface area (Å²) in [6, 6.07) is 0.395. The lowest BCUT2D eigenvalue weighted by atomic mass is 10.2. The summed E-state index contributed by atoms with van der Waals surface area (Å²) >= 11 is 0. The molecule has 0 bridgehead atoms. The number of unbranched alkanes of at least 4 members (excludes halogenated alkanes) is 3. The number of anilines is 2. The van der Waals surface area contributed by atoms with Gasteiger partial charge in [-0.3, -0.25) is 0 Å². The number of rotatable bonds is 9. The van der Waals surface area contributed by atoms with Crippen LogP contribution in [0.4, 0.5) is 11.9 Å². The SMILES string of the molecule is CCCCCCOc1nc(NCC)nc(N(C)C)n1. The average Bonchev–Trinajstić information content (AvgIpc) is 2.38. The van der Waals surface area contributed by atoms with E-state index in [9.17, 15) is 0 Å². The first kappa shape index (κ1) is 15.5. The van der Waals surface area contributed by atoms with E-state index in [1.807, 2.05) is 25.9 Å². The van der Waals surface area contributed by atoms with E-state index in [0.29, 0.717) is 24.5 Å². The first-order valence-electron chi connectivity index (χ1n) is 6.97. The third-order valence-corrected chi connectivity index (χ3v) is 2.57. The van der Waals surface area contributed by atoms with Crippen LogP contribution in [0.3, 0.4) is 0 Å². The molecule has 108 valence electrons. The molecule has 19 heavy (non-hydrogen) atoms. The molecule has 0 aliphatic rings. The Morgan fingerprint density at radius 1 is 1.05 bits per heavy atom. The normalized spacial score (nSPS) is 10.3. The predicted octanol–water partition coefficient (Wildman–Crippen LogP) is 2.33. The lowest BCUT2D eigenvalue weighted by Gasteiger charge is -2.13. The van der Waals surface area contributed by atoms with Crippen LogP contribution < -0.4 is 15.0 Å². The minimum atomic E-state index is 0.395. The second kappa shape index (κ2) is 8.50. The molecule has 0 aliphatic heterocycles. The average molecular weight is 267 g/mol. The van der Waals surface area contributed by atoms with Crippen LogP contribution in [0, 0.1) is 0 Å². The van der Waals surface area contributed by atoms with Crippen LogP contribution in [-0.2, 0) is 0 Å². The molecule has 0 atom stereocenters. The van der Waals surface area contributed by atoms with E-state index in [0.717, 1.165) is 13.0 Å². The summed E-state index contributed by atoms with van der Waals surface area (Å²) in [7, 11) is 3.80. The van der Waals surface area contributed by atoms with Crippen molar-refractivity contribution in [3.05, 3.63) is 0 Å². The molecular formula is C13H25N5O. The molecule has 1 aromatic heterocycles. The number of nitrogens with zero attached hydrogens (tertiary/aromatic N) is 4. The molecule has 0 aliphatic carbocycles. The first-order valence-corrected chi connectivity index (χ1v) is 6.97. The van der Waals surface area contributed by atoms with E-state index in [1.165, 1.54) is 19.3 Å². The van der Waals surface area contributed by atoms with Crippen molar-refractivity contribution in [2.75, 3.05) is 37.5 Å². The van der Waals surface area contributed by atoms with Crippen LogP contribution in [0.25, 0.3) is 0 Å². The van der Waals surface area contributed by atoms with Crippen molar-refractivity contribution < 1.29 is 4.74 Å². The van der Waals surface area contributed by atoms with E-state index in [-0.39, 0.29) is 0 Å². The van der Waals surface area contributed by atoms with Gasteiger partial charge in [-0.1, -0.05) is 26.2 Å². The standard InChI is InChI=1S/C13H25N5O/c1-5-7-8-9-10-19-13-16-11(14-6-2)15-12(17-13)18(3)4/h5-10H2,1-4H3,(H,14,15,16,17). The first-order chi connectivity index (χ1) is 9.17. The number of hydrogen-bond donors (Lipinski definition) is 1. The molecule has 0 aromatic carbocycles. The Morgan fingerprint density at radius 3 is 2.47 bits per heavy atom. The van der Waals surface area contributed by atoms with Crippen molar-refractivity contribution in [2.24, 2.45) is 0 Å². The topological polar surface area (TPSA) is 63.2 Å². The summed E-state index contributed by atoms with van der Waals surface area (Å²) < 4.78 is 5.60. The fourth-order valence-electron chi connectivity index (χ4n) is 1.54. The van der Waals surface area contributed by atoms with Gasteiger partial charge < -0.3 is 15.0 Å². The van der Waals surface area contributed by atoms with Gasteiger partial charge in [-0.15, -0.1) is 0 Å². The quantitative estimate of drug-likeness (QED) is 0.693. The molecule has 6 nitrogen and oxygen atoms in total. The highest BCUT2D eigenvalue weighted by Crippen LogP contribution is 2.13. The van der Waals surface area contributed by atoms with E-state index in [1.54, 1.807) is 0 Å². The Morgan fingerprint density at radius 2 is 1.84 bits per heavy atom. The van der Waals surface area contributed by atoms with Crippen molar-refractivity contribution in [1.29, 1.82) is 0 Å². The van der Waals surface area contributed by atoms with Crippen LogP contribution in [0.15, 0.2) is 0 Å². The summed E-state index contributed by atoms with van der Waals surface area (Å²) in [5.41, 5.74) is 0. The Hall–Kier alpha value is -1.59. The van der Waals surface area contributed by atoms with Crippen molar-refractivity contribution in [3.8, 4) is 6.01 Å². The van der Waals surface area contributed by atoms with Gasteiger partial charge in [0.1, 0.15) is 0 Å². The highest BCUT2D eigenvalue weighted by atomic mass is 16.5. The van der Waals surface area contributed by atoms with E-state index >= 15 is 0 Å². The zero-order valence-electron chi connectivity index (χ0n) is 12.4. The van der Waals surface area contributed by atoms with Crippen LogP contribution in [0.1, 0.15) is 39.5 Å². The molecule has 0 spiro atoms. The Balaban J connectivity index is 2.60. The Kier molecular flexibility index (Phi) is 6.92. The second-order valence-electron chi connectivity index (χ2n) is 4.58. The van der Waals surface area contributed by atoms with Crippen LogP contribution in [0.2, 0.25) is 0 Å². The maximum absolute atomic E-state index is 5.60. The van der Waals surface area contributed by atoms with Gasteiger partial charge in [0.15, 0.2) is 0 Å². The smallest absolute Gasteiger partial charge is 0.323 e. The zero-order chi connectivity index (χ0) is 14.1. The Labute approximate surface area is 115 Å². The van der Waals surface area contributed by atoms with Gasteiger partial charge in [-0.05, 0) is 13.3 Å². The molecule has 0 fully saturated rings. The molecule has 1 rings (SSSR count). The third kappa shape index (κ3) is 5.72. The van der Waals surface area contributed by atoms with Crippen molar-refractivity contribution in [1.82, 2.24) is 15.0 Å². The zero-order valence-corrected chi connectivity index (χ0v) is 12.4. The van der Waals surface area contributed by atoms with Crippen molar-refractivity contribution in [2.45, 2.75) is 39.5 Å². The lowest BCUT2D eigenvalue weighted by Crippen LogP contribution is -2.16. The molecule has 1 N–H and O–H groups in total. The number of hydrogen-bond acceptors (Lipinski definition) is 6. The Bertz CT molecular complexity index is 370. The van der Waals surface area contributed by atoms with Gasteiger partial charge in [-0.25, -0.2) is 0 Å². The van der Waals surface area contributed by atoms with Gasteiger partial charge in [0, 0.05) is 20.6 Å². The van der Waals surface area contributed by atoms with Gasteiger partial charge in [-0.2, -0.15) is 15.0 Å². The molecule has 1 aromatic rings. The fraction of sp³-hybridized carbons (Fsp3) is 0.769. The molecule has 0 radical (unpaired) electrons. The van der Waals surface area contributed by atoms with Gasteiger partial charge in [0.25, 0.3) is 0 Å². The molecule has 0 saturated carbocycles. The van der Waals surface area contributed by atoms with E-state index in [2.05, 4.69) is 27.2 Å². The third-order valence-electron chi connectivity index (χ3n) is 2.57. The number of ether oxygens (including phenoxy) is 1. The molecule has 0 saturated heterocycles. The van der Waals surface area contributed by atoms with E-state index < -0.39 is 0 Å². The maximum atomic E-state index is 5.60. The van der Waals surface area contributed by atoms with E-state index in [4.69, 9.17) is 4.74 Å². The second-order valence-corrected chi connectivity index (χ2v) is 4.58. The highest BCUT2D eigenvalue weighted by molar-refractivity contribution is 5.36. The minimum Gasteiger partial charge on any atom is -0.463 e. The van der Waals surface area contributed by atoms with Crippen LogP contribution >= 0.6 is 0 Å². The molecular weight excluding hydrogens is 242 g/mol. The summed E-state index contributed by atoms with van der Waals surface area (Å²) in [6.07, 6.45) is 4.68. The van der Waals surface area contributed by atoms with Gasteiger partial charge >= 0.3 is 6.01 Å². The molecule has 6 heteroatoms. The maximum Gasteiger partial charge on any atom is 0.323 e. The molecule has 1 heterocycles. The summed E-state index contributed by atoms with van der Waals surface area (Å²) in [5, 5.41) is 3.09. The largest absolute Gasteiger partial charge is 0.463 e. The lowest BCUT2D eigenvalue weighted by molar-refractivity contribution is 0.281. The fourth-order valence-corrected chi connectivity index (χ4v) is 1.54. The highest BCUT2D eigenvalue weighted by Gasteiger charge is 2.08. The van der Waals surface area contributed by atoms with Crippen molar-refractivity contribution in [3.63, 3.8) is 0 Å². The number of nitrogens with one attached hydrogen (secondary N) is 1. The number of aromatic nitrogens is 3. The van der Waals surface area contributed by atoms with Crippen molar-refractivity contribution >= 4 is 11.9 Å². The summed E-state index contributed by atoms with van der Waals surface area (Å²) in [5.74, 6) is 1.17. The minimum absolute atomic E-state index is 0.395. The summed E-state index contributed by atoms with van der Waals surface area (Å²) in [6.45, 7) is 5.62. The monoisotopic (exact) mass is 267 g/mol. The van der Waals surface area contributed by atoms with Gasteiger partial charge in [0.05, 0.1) is 6.61 Å². The summed E-state index contributed by atoms with van der Waals surface area (Å²) in [4.78, 5) is 14.6. The molecule has 0 unspecified atom stereocenters. The van der Waals surface area contributed by atoms with Crippen LogP contribution in [0.5, 0.6) is 6.01 Å².